The lowest BCUT2D eigenvalue weighted by Gasteiger charge is -2.09. The summed E-state index contributed by atoms with van der Waals surface area (Å²) in [6.45, 7) is 6.18. The summed E-state index contributed by atoms with van der Waals surface area (Å²) in [6, 6.07) is 14.0. The van der Waals surface area contributed by atoms with Crippen LogP contribution >= 0.6 is 0 Å². The largest absolute Gasteiger partial charge is 0.493 e. The summed E-state index contributed by atoms with van der Waals surface area (Å²) < 4.78 is 2.12. The molecular formula is C21H19N7O. The molecule has 5 rings (SSSR count). The number of hydrogen-bond acceptors (Lipinski definition) is 6. The van der Waals surface area contributed by atoms with Crippen LogP contribution in [-0.4, -0.2) is 29.8 Å². The van der Waals surface area contributed by atoms with Gasteiger partial charge in [0.2, 0.25) is 5.88 Å². The van der Waals surface area contributed by atoms with Crippen LogP contribution in [-0.2, 0) is 0 Å². The molecule has 144 valence electrons. The summed E-state index contributed by atoms with van der Waals surface area (Å²) in [6.07, 6.45) is 0. The molecule has 2 aromatic carbocycles. The van der Waals surface area contributed by atoms with Gasteiger partial charge in [0.1, 0.15) is 5.52 Å². The molecule has 2 N–H and O–H groups in total. The molecule has 3 heterocycles. The molecule has 0 aliphatic rings. The standard InChI is InChI=1S/C21H19N7O/c1-11(2)28-16-7-5-4-6-13(16)17-19(28)23-21(26-24-17)27-25-18-14-10-12(3)8-9-15(14)22-20(18)29/h4-11,22,29H,1-3H3. The number of nitrogens with zero attached hydrogens (tertiary/aromatic N) is 6. The molecule has 8 heteroatoms. The molecular weight excluding hydrogens is 366 g/mol. The highest BCUT2D eigenvalue weighted by molar-refractivity contribution is 6.04. The van der Waals surface area contributed by atoms with Gasteiger partial charge in [0.05, 0.1) is 11.0 Å². The van der Waals surface area contributed by atoms with Crippen molar-refractivity contribution < 1.29 is 5.11 Å². The summed E-state index contributed by atoms with van der Waals surface area (Å²) in [4.78, 5) is 7.50. The van der Waals surface area contributed by atoms with Crippen LogP contribution in [0.5, 0.6) is 5.88 Å². The minimum atomic E-state index is -0.0420. The van der Waals surface area contributed by atoms with E-state index in [1.807, 2.05) is 49.4 Å². The van der Waals surface area contributed by atoms with Crippen molar-refractivity contribution in [3.8, 4) is 5.88 Å². The van der Waals surface area contributed by atoms with Gasteiger partial charge in [0.25, 0.3) is 5.95 Å². The number of aromatic hydroxyl groups is 1. The highest BCUT2D eigenvalue weighted by Crippen LogP contribution is 2.36. The first-order valence-electron chi connectivity index (χ1n) is 9.39. The third-order valence-electron chi connectivity index (χ3n) is 4.97. The first kappa shape index (κ1) is 17.3. The molecule has 0 unspecified atom stereocenters. The minimum Gasteiger partial charge on any atom is -0.493 e. The first-order valence-corrected chi connectivity index (χ1v) is 9.39. The third-order valence-corrected chi connectivity index (χ3v) is 4.97. The number of aromatic amines is 1. The lowest BCUT2D eigenvalue weighted by Crippen LogP contribution is -2.01. The molecule has 0 saturated heterocycles. The summed E-state index contributed by atoms with van der Waals surface area (Å²) in [5.74, 6) is 0.100. The van der Waals surface area contributed by atoms with Crippen molar-refractivity contribution in [2.45, 2.75) is 26.8 Å². The van der Waals surface area contributed by atoms with E-state index in [-0.39, 0.29) is 17.9 Å². The van der Waals surface area contributed by atoms with E-state index < -0.39 is 0 Å². The Kier molecular flexibility index (Phi) is 3.80. The molecule has 3 aromatic heterocycles. The first-order chi connectivity index (χ1) is 14.0. The van der Waals surface area contributed by atoms with E-state index in [9.17, 15) is 5.11 Å². The molecule has 0 radical (unpaired) electrons. The van der Waals surface area contributed by atoms with Gasteiger partial charge in [-0.3, -0.25) is 0 Å². The number of fused-ring (bicyclic) bond motifs is 4. The average Bonchev–Trinajstić information content (AvgIpc) is 3.19. The minimum absolute atomic E-state index is 0.0420. The van der Waals surface area contributed by atoms with Crippen molar-refractivity contribution in [2.24, 2.45) is 10.2 Å². The van der Waals surface area contributed by atoms with Gasteiger partial charge in [0.15, 0.2) is 11.3 Å². The van der Waals surface area contributed by atoms with Crippen LogP contribution in [0.2, 0.25) is 0 Å². The van der Waals surface area contributed by atoms with Crippen LogP contribution in [0.3, 0.4) is 0 Å². The van der Waals surface area contributed by atoms with E-state index in [2.05, 4.69) is 48.8 Å². The Labute approximate surface area is 165 Å². The molecule has 0 spiro atoms. The number of nitrogens with one attached hydrogen (secondary N) is 1. The molecule has 8 nitrogen and oxygen atoms in total. The highest BCUT2D eigenvalue weighted by Gasteiger charge is 2.16. The number of hydrogen-bond donors (Lipinski definition) is 2. The van der Waals surface area contributed by atoms with Crippen molar-refractivity contribution >= 4 is 44.6 Å². The van der Waals surface area contributed by atoms with Gasteiger partial charge in [-0.15, -0.1) is 20.4 Å². The number of azo groups is 1. The maximum Gasteiger partial charge on any atom is 0.289 e. The summed E-state index contributed by atoms with van der Waals surface area (Å²) in [5, 5.41) is 28.9. The zero-order valence-corrected chi connectivity index (χ0v) is 16.2. The summed E-state index contributed by atoms with van der Waals surface area (Å²) >= 11 is 0. The maximum atomic E-state index is 10.2. The van der Waals surface area contributed by atoms with E-state index in [0.717, 1.165) is 32.9 Å². The Morgan fingerprint density at radius 1 is 1.03 bits per heavy atom. The van der Waals surface area contributed by atoms with Gasteiger partial charge in [-0.05, 0) is 39.0 Å². The highest BCUT2D eigenvalue weighted by atomic mass is 16.3. The molecule has 0 amide bonds. The van der Waals surface area contributed by atoms with Gasteiger partial charge in [-0.2, -0.15) is 4.98 Å². The van der Waals surface area contributed by atoms with Crippen molar-refractivity contribution in [2.75, 3.05) is 0 Å². The lowest BCUT2D eigenvalue weighted by atomic mass is 10.2. The zero-order chi connectivity index (χ0) is 20.1. The zero-order valence-electron chi connectivity index (χ0n) is 16.2. The van der Waals surface area contributed by atoms with Crippen molar-refractivity contribution in [1.82, 2.24) is 24.7 Å². The molecule has 0 atom stereocenters. The topological polar surface area (TPSA) is 104 Å². The summed E-state index contributed by atoms with van der Waals surface area (Å²) in [7, 11) is 0. The average molecular weight is 385 g/mol. The van der Waals surface area contributed by atoms with Gasteiger partial charge < -0.3 is 14.7 Å². The molecule has 0 fully saturated rings. The Balaban J connectivity index is 1.65. The second-order valence-electron chi connectivity index (χ2n) is 7.34. The Morgan fingerprint density at radius 3 is 2.69 bits per heavy atom. The van der Waals surface area contributed by atoms with E-state index in [1.54, 1.807) is 0 Å². The quantitative estimate of drug-likeness (QED) is 0.402. The molecule has 5 aromatic rings. The molecule has 0 aliphatic heterocycles. The Bertz CT molecular complexity index is 1410. The molecule has 29 heavy (non-hydrogen) atoms. The smallest absolute Gasteiger partial charge is 0.289 e. The predicted molar refractivity (Wildman–Crippen MR) is 112 cm³/mol. The van der Waals surface area contributed by atoms with Crippen LogP contribution in [0.25, 0.3) is 33.0 Å². The summed E-state index contributed by atoms with van der Waals surface area (Å²) in [5.41, 5.74) is 4.71. The van der Waals surface area contributed by atoms with Crippen molar-refractivity contribution in [3.63, 3.8) is 0 Å². The van der Waals surface area contributed by atoms with E-state index in [0.29, 0.717) is 11.3 Å². The van der Waals surface area contributed by atoms with E-state index in [4.69, 9.17) is 0 Å². The van der Waals surface area contributed by atoms with E-state index in [1.165, 1.54) is 0 Å². The van der Waals surface area contributed by atoms with Crippen LogP contribution in [0.4, 0.5) is 11.6 Å². The van der Waals surface area contributed by atoms with E-state index >= 15 is 0 Å². The van der Waals surface area contributed by atoms with Crippen LogP contribution in [0.1, 0.15) is 25.5 Å². The number of aryl methyl sites for hydroxylation is 1. The van der Waals surface area contributed by atoms with Crippen molar-refractivity contribution in [1.29, 1.82) is 0 Å². The lowest BCUT2D eigenvalue weighted by molar-refractivity contribution is 0.459. The van der Waals surface area contributed by atoms with Gasteiger partial charge >= 0.3 is 0 Å². The SMILES string of the molecule is Cc1ccc2[nH]c(O)c(N=Nc3nnc4c5ccccc5n(C(C)C)c4n3)c2c1. The number of H-pyrrole nitrogens is 1. The fourth-order valence-electron chi connectivity index (χ4n) is 3.69. The van der Waals surface area contributed by atoms with Crippen LogP contribution in [0, 0.1) is 6.92 Å². The fraction of sp³-hybridized carbons (Fsp3) is 0.190. The molecule has 0 saturated carbocycles. The fourth-order valence-corrected chi connectivity index (χ4v) is 3.69. The Morgan fingerprint density at radius 2 is 1.86 bits per heavy atom. The normalized spacial score (nSPS) is 12.3. The van der Waals surface area contributed by atoms with Crippen LogP contribution in [0.15, 0.2) is 52.7 Å². The third kappa shape index (κ3) is 2.72. The van der Waals surface area contributed by atoms with Gasteiger partial charge in [-0.25, -0.2) is 0 Å². The molecule has 0 bridgehead atoms. The Hall–Kier alpha value is -3.81. The monoisotopic (exact) mass is 385 g/mol. The molecule has 0 aliphatic carbocycles. The number of benzene rings is 2. The van der Waals surface area contributed by atoms with Crippen LogP contribution < -0.4 is 0 Å². The number of rotatable bonds is 3. The second-order valence-corrected chi connectivity index (χ2v) is 7.34. The second kappa shape index (κ2) is 6.37. The van der Waals surface area contributed by atoms with Crippen molar-refractivity contribution in [3.05, 3.63) is 48.0 Å². The number of aromatic nitrogens is 5. The maximum absolute atomic E-state index is 10.2. The predicted octanol–water partition coefficient (Wildman–Crippen LogP) is 5.47. The van der Waals surface area contributed by atoms with Gasteiger partial charge in [0, 0.05) is 16.8 Å². The number of para-hydroxylation sites is 1. The van der Waals surface area contributed by atoms with Gasteiger partial charge in [-0.1, -0.05) is 29.8 Å².